The summed E-state index contributed by atoms with van der Waals surface area (Å²) in [5.41, 5.74) is -0.184. The fraction of sp³-hybridized carbons (Fsp3) is 0.500. The molecule has 1 amide bonds. The van der Waals surface area contributed by atoms with Crippen LogP contribution in [0.1, 0.15) is 23.8 Å². The first kappa shape index (κ1) is 15.0. The van der Waals surface area contributed by atoms with E-state index in [1.54, 1.807) is 6.92 Å². The molecular weight excluding hydrogens is 282 g/mol. The van der Waals surface area contributed by atoms with Crippen molar-refractivity contribution in [3.63, 3.8) is 0 Å². The summed E-state index contributed by atoms with van der Waals surface area (Å²) in [6.07, 6.45) is 0.279. The number of aliphatic carboxylic acids is 1. The second kappa shape index (κ2) is 5.52. The van der Waals surface area contributed by atoms with Crippen molar-refractivity contribution in [3.05, 3.63) is 28.1 Å². The van der Waals surface area contributed by atoms with Crippen LogP contribution in [0.4, 0.5) is 5.69 Å². The zero-order valence-corrected chi connectivity index (χ0v) is 11.3. The molecule has 114 valence electrons. The highest BCUT2D eigenvalue weighted by atomic mass is 16.6. The number of nitro groups is 1. The molecule has 0 aromatic carbocycles. The predicted octanol–water partition coefficient (Wildman–Crippen LogP) is 0.0762. The van der Waals surface area contributed by atoms with Crippen LogP contribution >= 0.6 is 0 Å². The number of carbonyl (C=O) groups excluding carboxylic acids is 1. The van der Waals surface area contributed by atoms with Gasteiger partial charge in [0.25, 0.3) is 11.6 Å². The highest BCUT2D eigenvalue weighted by Gasteiger charge is 2.40. The largest absolute Gasteiger partial charge is 0.480 e. The van der Waals surface area contributed by atoms with E-state index in [9.17, 15) is 24.8 Å². The van der Waals surface area contributed by atoms with Gasteiger partial charge in [0.05, 0.1) is 17.2 Å². The van der Waals surface area contributed by atoms with Gasteiger partial charge in [-0.05, 0) is 6.92 Å². The number of carboxylic acids is 1. The van der Waals surface area contributed by atoms with Gasteiger partial charge in [-0.3, -0.25) is 14.9 Å². The summed E-state index contributed by atoms with van der Waals surface area (Å²) in [7, 11) is 0. The molecular formula is C12H15N3O6. The quantitative estimate of drug-likeness (QED) is 0.598. The first-order valence-electron chi connectivity index (χ1n) is 6.41. The number of aromatic nitrogens is 1. The van der Waals surface area contributed by atoms with Gasteiger partial charge >= 0.3 is 5.97 Å². The Hall–Kier alpha value is -2.42. The van der Waals surface area contributed by atoms with Crippen molar-refractivity contribution in [3.8, 4) is 0 Å². The molecule has 0 spiro atoms. The highest BCUT2D eigenvalue weighted by Crippen LogP contribution is 2.24. The van der Waals surface area contributed by atoms with Crippen molar-refractivity contribution in [2.24, 2.45) is 0 Å². The maximum atomic E-state index is 12.4. The molecule has 0 bridgehead atoms. The van der Waals surface area contributed by atoms with Gasteiger partial charge in [-0.15, -0.1) is 0 Å². The lowest BCUT2D eigenvalue weighted by atomic mass is 10.2. The van der Waals surface area contributed by atoms with E-state index in [4.69, 9.17) is 5.11 Å². The van der Waals surface area contributed by atoms with Gasteiger partial charge in [-0.2, -0.15) is 0 Å². The van der Waals surface area contributed by atoms with Crippen molar-refractivity contribution < 1.29 is 24.7 Å². The Morgan fingerprint density at radius 2 is 2.19 bits per heavy atom. The number of likely N-dealkylation sites (tertiary alicyclic amines) is 1. The molecule has 1 saturated heterocycles. The molecule has 2 N–H and O–H groups in total. The number of nitrogens with zero attached hydrogens (tertiary/aromatic N) is 3. The van der Waals surface area contributed by atoms with E-state index in [1.165, 1.54) is 10.8 Å². The Kier molecular flexibility index (Phi) is 3.94. The number of aryl methyl sites for hydroxylation is 1. The van der Waals surface area contributed by atoms with Crippen molar-refractivity contribution in [1.29, 1.82) is 0 Å². The molecule has 2 atom stereocenters. The van der Waals surface area contributed by atoms with Crippen LogP contribution in [-0.2, 0) is 11.3 Å². The molecule has 9 heteroatoms. The molecule has 2 heterocycles. The normalized spacial score (nSPS) is 21.5. The van der Waals surface area contributed by atoms with Crippen LogP contribution in [0.15, 0.2) is 12.3 Å². The first-order valence-corrected chi connectivity index (χ1v) is 6.41. The van der Waals surface area contributed by atoms with Crippen molar-refractivity contribution >= 4 is 17.6 Å². The van der Waals surface area contributed by atoms with E-state index >= 15 is 0 Å². The smallest absolute Gasteiger partial charge is 0.326 e. The minimum Gasteiger partial charge on any atom is -0.480 e. The van der Waals surface area contributed by atoms with Crippen LogP contribution in [-0.4, -0.2) is 55.2 Å². The molecule has 1 fully saturated rings. The number of hydrogen-bond donors (Lipinski definition) is 2. The molecule has 1 aliphatic heterocycles. The highest BCUT2D eigenvalue weighted by molar-refractivity contribution is 5.96. The molecule has 21 heavy (non-hydrogen) atoms. The number of carboxylic acid groups (broad SMARTS) is 1. The summed E-state index contributed by atoms with van der Waals surface area (Å²) in [5, 5.41) is 29.4. The zero-order valence-electron chi connectivity index (χ0n) is 11.3. The van der Waals surface area contributed by atoms with Crippen LogP contribution in [0.3, 0.4) is 0 Å². The number of carbonyl (C=O) groups is 2. The van der Waals surface area contributed by atoms with Gasteiger partial charge in [0.2, 0.25) is 0 Å². The molecule has 0 radical (unpaired) electrons. The summed E-state index contributed by atoms with van der Waals surface area (Å²) < 4.78 is 1.39. The predicted molar refractivity (Wildman–Crippen MR) is 69.8 cm³/mol. The van der Waals surface area contributed by atoms with Gasteiger partial charge in [0, 0.05) is 25.6 Å². The Morgan fingerprint density at radius 1 is 1.52 bits per heavy atom. The lowest BCUT2D eigenvalue weighted by Gasteiger charge is -2.21. The molecule has 0 saturated carbocycles. The number of aliphatic hydroxyl groups excluding tert-OH is 1. The van der Waals surface area contributed by atoms with E-state index in [-0.39, 0.29) is 24.3 Å². The SMILES string of the molecule is CCn1cc([N+](=O)[O-])cc1C(=O)N1C[C@H](O)C[C@@H]1C(=O)O. The number of hydrogen-bond acceptors (Lipinski definition) is 5. The summed E-state index contributed by atoms with van der Waals surface area (Å²) in [6, 6.07) is 0.00174. The van der Waals surface area contributed by atoms with E-state index in [0.717, 1.165) is 11.0 Å². The van der Waals surface area contributed by atoms with Crippen LogP contribution in [0.5, 0.6) is 0 Å². The molecule has 2 rings (SSSR count). The van der Waals surface area contributed by atoms with E-state index < -0.39 is 28.9 Å². The summed E-state index contributed by atoms with van der Waals surface area (Å²) in [5.74, 6) is -1.84. The average molecular weight is 297 g/mol. The van der Waals surface area contributed by atoms with E-state index in [0.29, 0.717) is 6.54 Å². The number of β-amino-alcohol motifs (C(OH)–C–C–N with tert-alkyl or cyclic N) is 1. The molecule has 1 aromatic rings. The standard InChI is InChI=1S/C12H15N3O6/c1-2-13-5-7(15(20)21)3-9(13)11(17)14-6-8(16)4-10(14)12(18)19/h3,5,8,10,16H,2,4,6H2,1H3,(H,18,19)/t8-,10-/m1/s1. The average Bonchev–Trinajstić information content (AvgIpc) is 3.01. The van der Waals surface area contributed by atoms with Gasteiger partial charge in [-0.1, -0.05) is 0 Å². The molecule has 1 aliphatic rings. The maximum Gasteiger partial charge on any atom is 0.326 e. The number of amides is 1. The van der Waals surface area contributed by atoms with Crippen molar-refractivity contribution in [2.45, 2.75) is 32.0 Å². The summed E-state index contributed by atoms with van der Waals surface area (Å²) in [4.78, 5) is 34.8. The fourth-order valence-electron chi connectivity index (χ4n) is 2.46. The van der Waals surface area contributed by atoms with Gasteiger partial charge in [0.15, 0.2) is 0 Å². The maximum absolute atomic E-state index is 12.4. The monoisotopic (exact) mass is 297 g/mol. The molecule has 1 aromatic heterocycles. The minimum absolute atomic E-state index is 0.0456. The van der Waals surface area contributed by atoms with E-state index in [1.807, 2.05) is 0 Å². The molecule has 0 unspecified atom stereocenters. The van der Waals surface area contributed by atoms with Gasteiger partial charge < -0.3 is 19.7 Å². The Labute approximate surface area is 119 Å². The third kappa shape index (κ3) is 2.72. The van der Waals surface area contributed by atoms with Gasteiger partial charge in [-0.25, -0.2) is 4.79 Å². The van der Waals surface area contributed by atoms with Crippen molar-refractivity contribution in [2.75, 3.05) is 6.54 Å². The van der Waals surface area contributed by atoms with Crippen LogP contribution in [0.2, 0.25) is 0 Å². The number of aliphatic hydroxyl groups is 1. The zero-order chi connectivity index (χ0) is 15.7. The Balaban J connectivity index is 2.35. The van der Waals surface area contributed by atoms with Gasteiger partial charge in [0.1, 0.15) is 11.7 Å². The van der Waals surface area contributed by atoms with Crippen molar-refractivity contribution in [1.82, 2.24) is 9.47 Å². The third-order valence-electron chi connectivity index (χ3n) is 3.48. The topological polar surface area (TPSA) is 126 Å². The lowest BCUT2D eigenvalue weighted by Crippen LogP contribution is -2.41. The second-order valence-corrected chi connectivity index (χ2v) is 4.83. The van der Waals surface area contributed by atoms with Crippen LogP contribution in [0, 0.1) is 10.1 Å². The van der Waals surface area contributed by atoms with E-state index in [2.05, 4.69) is 0 Å². The third-order valence-corrected chi connectivity index (χ3v) is 3.48. The molecule has 9 nitrogen and oxygen atoms in total. The second-order valence-electron chi connectivity index (χ2n) is 4.83. The minimum atomic E-state index is -1.20. The van der Waals surface area contributed by atoms with Crippen LogP contribution < -0.4 is 0 Å². The Bertz CT molecular complexity index is 596. The fourth-order valence-corrected chi connectivity index (χ4v) is 2.46. The Morgan fingerprint density at radius 3 is 2.71 bits per heavy atom. The number of rotatable bonds is 4. The lowest BCUT2D eigenvalue weighted by molar-refractivity contribution is -0.384. The van der Waals surface area contributed by atoms with Crippen LogP contribution in [0.25, 0.3) is 0 Å². The first-order chi connectivity index (χ1) is 9.85. The molecule has 0 aliphatic carbocycles. The summed E-state index contributed by atoms with van der Waals surface area (Å²) >= 11 is 0. The summed E-state index contributed by atoms with van der Waals surface area (Å²) in [6.45, 7) is 1.95.